The zero-order valence-corrected chi connectivity index (χ0v) is 10.5. The smallest absolute Gasteiger partial charge is 0.191 e. The van der Waals surface area contributed by atoms with E-state index in [2.05, 4.69) is 15.2 Å². The van der Waals surface area contributed by atoms with Gasteiger partial charge in [-0.2, -0.15) is 5.10 Å². The maximum absolute atomic E-state index is 5.62. The second-order valence-corrected chi connectivity index (χ2v) is 5.43. The van der Waals surface area contributed by atoms with Gasteiger partial charge in [0.2, 0.25) is 0 Å². The van der Waals surface area contributed by atoms with Crippen LogP contribution in [0.4, 0.5) is 0 Å². The minimum Gasteiger partial charge on any atom is -0.368 e. The highest BCUT2D eigenvalue weighted by atomic mass is 32.1. The fraction of sp³-hybridized carbons (Fsp3) is 0.455. The molecule has 0 atom stereocenters. The third-order valence-corrected chi connectivity index (χ3v) is 2.78. The van der Waals surface area contributed by atoms with Crippen LogP contribution >= 0.6 is 11.3 Å². The number of H-pyrrole nitrogens is 1. The summed E-state index contributed by atoms with van der Waals surface area (Å²) < 4.78 is 5.62. The summed E-state index contributed by atoms with van der Waals surface area (Å²) in [6.45, 7) is 6.51. The Hall–Kier alpha value is -1.20. The molecule has 0 saturated carbocycles. The van der Waals surface area contributed by atoms with E-state index in [1.54, 1.807) is 11.3 Å². The molecule has 16 heavy (non-hydrogen) atoms. The Kier molecular flexibility index (Phi) is 3.07. The Morgan fingerprint density at radius 3 is 2.88 bits per heavy atom. The van der Waals surface area contributed by atoms with Crippen LogP contribution in [0, 0.1) is 0 Å². The zero-order chi connectivity index (χ0) is 11.6. The maximum atomic E-state index is 5.62. The van der Waals surface area contributed by atoms with Gasteiger partial charge in [0.1, 0.15) is 6.61 Å². The van der Waals surface area contributed by atoms with Gasteiger partial charge in [-0.15, -0.1) is 11.3 Å². The Balaban J connectivity index is 2.03. The number of nitrogens with zero attached hydrogens (tertiary/aromatic N) is 2. The number of ether oxygens (including phenoxy) is 1. The molecule has 2 heterocycles. The zero-order valence-electron chi connectivity index (χ0n) is 9.65. The average Bonchev–Trinajstić information content (AvgIpc) is 2.84. The van der Waals surface area contributed by atoms with Crippen LogP contribution in [0.1, 0.15) is 26.6 Å². The summed E-state index contributed by atoms with van der Waals surface area (Å²) in [5.41, 5.74) is -0.157. The summed E-state index contributed by atoms with van der Waals surface area (Å²) in [7, 11) is 0. The highest BCUT2D eigenvalue weighted by Gasteiger charge is 2.12. The van der Waals surface area contributed by atoms with Crippen molar-refractivity contribution in [3.63, 3.8) is 0 Å². The normalized spacial score (nSPS) is 11.9. The molecule has 86 valence electrons. The lowest BCUT2D eigenvalue weighted by atomic mass is 10.2. The first-order valence-corrected chi connectivity index (χ1v) is 6.02. The number of rotatable bonds is 3. The summed E-state index contributed by atoms with van der Waals surface area (Å²) in [6.07, 6.45) is 0. The largest absolute Gasteiger partial charge is 0.368 e. The minimum absolute atomic E-state index is 0.157. The van der Waals surface area contributed by atoms with E-state index in [-0.39, 0.29) is 5.60 Å². The first kappa shape index (κ1) is 11.3. The second-order valence-electron chi connectivity index (χ2n) is 4.48. The van der Waals surface area contributed by atoms with E-state index in [1.807, 2.05) is 38.3 Å². The van der Waals surface area contributed by atoms with Gasteiger partial charge in [0.05, 0.1) is 10.5 Å². The summed E-state index contributed by atoms with van der Waals surface area (Å²) >= 11 is 1.63. The van der Waals surface area contributed by atoms with Crippen LogP contribution in [0.3, 0.4) is 0 Å². The van der Waals surface area contributed by atoms with E-state index >= 15 is 0 Å². The van der Waals surface area contributed by atoms with Crippen molar-refractivity contribution < 1.29 is 4.74 Å². The molecule has 0 aliphatic heterocycles. The second kappa shape index (κ2) is 4.35. The molecule has 0 aromatic carbocycles. The summed E-state index contributed by atoms with van der Waals surface area (Å²) in [5.74, 6) is 1.50. The summed E-state index contributed by atoms with van der Waals surface area (Å²) in [4.78, 5) is 5.44. The van der Waals surface area contributed by atoms with Crippen molar-refractivity contribution in [3.05, 3.63) is 23.3 Å². The molecule has 0 unspecified atom stereocenters. The van der Waals surface area contributed by atoms with Gasteiger partial charge in [-0.25, -0.2) is 4.98 Å². The van der Waals surface area contributed by atoms with E-state index in [0.717, 1.165) is 16.5 Å². The van der Waals surface area contributed by atoms with Crippen molar-refractivity contribution in [2.24, 2.45) is 0 Å². The van der Waals surface area contributed by atoms with Gasteiger partial charge >= 0.3 is 0 Å². The fourth-order valence-electron chi connectivity index (χ4n) is 1.16. The van der Waals surface area contributed by atoms with E-state index in [9.17, 15) is 0 Å². The van der Waals surface area contributed by atoms with Gasteiger partial charge in [-0.05, 0) is 32.2 Å². The third-order valence-electron chi connectivity index (χ3n) is 1.92. The Labute approximate surface area is 98.7 Å². The Bertz CT molecular complexity index is 442. The van der Waals surface area contributed by atoms with Crippen LogP contribution in [0.5, 0.6) is 0 Å². The van der Waals surface area contributed by atoms with Crippen LogP contribution in [0.15, 0.2) is 17.5 Å². The van der Waals surface area contributed by atoms with Crippen LogP contribution in [-0.4, -0.2) is 20.8 Å². The van der Waals surface area contributed by atoms with Crippen LogP contribution in [0.25, 0.3) is 10.7 Å². The van der Waals surface area contributed by atoms with Crippen molar-refractivity contribution in [3.8, 4) is 10.7 Å². The molecule has 5 heteroatoms. The maximum Gasteiger partial charge on any atom is 0.191 e. The molecular formula is C11H15N3OS. The molecule has 0 spiro atoms. The van der Waals surface area contributed by atoms with Crippen molar-refractivity contribution in [2.75, 3.05) is 0 Å². The molecule has 0 amide bonds. The lowest BCUT2D eigenvalue weighted by Gasteiger charge is -2.18. The Morgan fingerprint density at radius 1 is 1.44 bits per heavy atom. The highest BCUT2D eigenvalue weighted by Crippen LogP contribution is 2.20. The van der Waals surface area contributed by atoms with Gasteiger partial charge in [-0.1, -0.05) is 6.07 Å². The van der Waals surface area contributed by atoms with Gasteiger partial charge in [0.15, 0.2) is 11.6 Å². The van der Waals surface area contributed by atoms with Crippen LogP contribution in [0.2, 0.25) is 0 Å². The average molecular weight is 237 g/mol. The van der Waals surface area contributed by atoms with E-state index in [0.29, 0.717) is 6.61 Å². The first-order chi connectivity index (χ1) is 7.54. The van der Waals surface area contributed by atoms with Gasteiger partial charge < -0.3 is 4.74 Å². The molecular weight excluding hydrogens is 222 g/mol. The van der Waals surface area contributed by atoms with Crippen molar-refractivity contribution in [1.82, 2.24) is 15.2 Å². The predicted octanol–water partition coefficient (Wildman–Crippen LogP) is 2.85. The monoisotopic (exact) mass is 237 g/mol. The number of aromatic amines is 1. The molecule has 2 aromatic heterocycles. The van der Waals surface area contributed by atoms with Gasteiger partial charge in [-0.3, -0.25) is 5.10 Å². The standard InChI is InChI=1S/C11H15N3OS/c1-11(2,3)15-7-9-12-10(14-13-9)8-5-4-6-16-8/h4-6H,7H2,1-3H3,(H,12,13,14). The molecule has 0 aliphatic carbocycles. The van der Waals surface area contributed by atoms with Crippen molar-refractivity contribution in [1.29, 1.82) is 0 Å². The number of hydrogen-bond donors (Lipinski definition) is 1. The Morgan fingerprint density at radius 2 is 2.25 bits per heavy atom. The van der Waals surface area contributed by atoms with Crippen molar-refractivity contribution in [2.45, 2.75) is 33.0 Å². The van der Waals surface area contributed by atoms with Crippen LogP contribution in [-0.2, 0) is 11.3 Å². The molecule has 0 saturated heterocycles. The quantitative estimate of drug-likeness (QED) is 0.893. The SMILES string of the molecule is CC(C)(C)OCc1nc(-c2cccs2)n[nH]1. The summed E-state index contributed by atoms with van der Waals surface area (Å²) in [6, 6.07) is 3.99. The van der Waals surface area contributed by atoms with Crippen molar-refractivity contribution >= 4 is 11.3 Å². The number of aromatic nitrogens is 3. The number of thiophene rings is 1. The lowest BCUT2D eigenvalue weighted by molar-refractivity contribution is -0.0179. The van der Waals surface area contributed by atoms with Crippen LogP contribution < -0.4 is 0 Å². The molecule has 0 bridgehead atoms. The van der Waals surface area contributed by atoms with E-state index in [1.165, 1.54) is 0 Å². The summed E-state index contributed by atoms with van der Waals surface area (Å²) in [5, 5.41) is 9.05. The topological polar surface area (TPSA) is 50.8 Å². The predicted molar refractivity (Wildman–Crippen MR) is 64.2 cm³/mol. The van der Waals surface area contributed by atoms with Gasteiger partial charge in [0, 0.05) is 0 Å². The van der Waals surface area contributed by atoms with Gasteiger partial charge in [0.25, 0.3) is 0 Å². The lowest BCUT2D eigenvalue weighted by Crippen LogP contribution is -2.19. The molecule has 2 rings (SSSR count). The van der Waals surface area contributed by atoms with E-state index < -0.39 is 0 Å². The van der Waals surface area contributed by atoms with E-state index in [4.69, 9.17) is 4.74 Å². The minimum atomic E-state index is -0.157. The molecule has 0 fully saturated rings. The highest BCUT2D eigenvalue weighted by molar-refractivity contribution is 7.13. The fourth-order valence-corrected chi connectivity index (χ4v) is 1.82. The molecule has 0 aliphatic rings. The number of nitrogens with one attached hydrogen (secondary N) is 1. The number of hydrogen-bond acceptors (Lipinski definition) is 4. The molecule has 2 aromatic rings. The molecule has 1 N–H and O–H groups in total. The third kappa shape index (κ3) is 2.90. The molecule has 0 radical (unpaired) electrons. The molecule has 4 nitrogen and oxygen atoms in total. The first-order valence-electron chi connectivity index (χ1n) is 5.14.